The summed E-state index contributed by atoms with van der Waals surface area (Å²) >= 11 is 0. The van der Waals surface area contributed by atoms with E-state index in [2.05, 4.69) is 52.9 Å². The number of hydrogen-bond donors (Lipinski definition) is 1. The van der Waals surface area contributed by atoms with E-state index in [0.29, 0.717) is 0 Å². The molecule has 0 fully saturated rings. The fourth-order valence-corrected chi connectivity index (χ4v) is 3.06. The van der Waals surface area contributed by atoms with E-state index in [0.717, 1.165) is 41.4 Å². The highest BCUT2D eigenvalue weighted by atomic mass is 15.3. The number of aromatic nitrogens is 3. The highest BCUT2D eigenvalue weighted by molar-refractivity contribution is 5.70. The summed E-state index contributed by atoms with van der Waals surface area (Å²) in [5, 5.41) is 8.86. The number of nitrogen functional groups attached to an aromatic ring is 1. The van der Waals surface area contributed by atoms with Crippen molar-refractivity contribution in [3.8, 4) is 22.8 Å². The normalized spacial score (nSPS) is 12.8. The predicted molar refractivity (Wildman–Crippen MR) is 88.5 cm³/mol. The fourth-order valence-electron chi connectivity index (χ4n) is 3.06. The Morgan fingerprint density at radius 2 is 1.77 bits per heavy atom. The van der Waals surface area contributed by atoms with Gasteiger partial charge < -0.3 is 10.3 Å². The van der Waals surface area contributed by atoms with Crippen LogP contribution in [0.2, 0.25) is 0 Å². The van der Waals surface area contributed by atoms with Gasteiger partial charge in [0.05, 0.1) is 0 Å². The molecule has 0 amide bonds. The minimum atomic E-state index is 0.767. The third-order valence-corrected chi connectivity index (χ3v) is 4.50. The van der Waals surface area contributed by atoms with E-state index >= 15 is 0 Å². The molecule has 0 saturated heterocycles. The Labute approximate surface area is 129 Å². The summed E-state index contributed by atoms with van der Waals surface area (Å²) < 4.78 is 2.20. The molecule has 22 heavy (non-hydrogen) atoms. The number of nitrogens with two attached hydrogens (primary N) is 1. The van der Waals surface area contributed by atoms with Gasteiger partial charge in [-0.1, -0.05) is 18.2 Å². The highest BCUT2D eigenvalue weighted by Gasteiger charge is 2.22. The molecule has 0 radical (unpaired) electrons. The molecule has 2 aromatic carbocycles. The van der Waals surface area contributed by atoms with E-state index in [1.165, 1.54) is 16.7 Å². The van der Waals surface area contributed by atoms with Gasteiger partial charge in [0.1, 0.15) is 0 Å². The van der Waals surface area contributed by atoms with Crippen molar-refractivity contribution in [2.75, 3.05) is 5.73 Å². The first-order chi connectivity index (χ1) is 10.6. The van der Waals surface area contributed by atoms with Gasteiger partial charge in [0, 0.05) is 23.4 Å². The molecule has 0 spiro atoms. The molecular weight excluding hydrogens is 272 g/mol. The summed E-state index contributed by atoms with van der Waals surface area (Å²) in [6, 6.07) is 12.5. The van der Waals surface area contributed by atoms with Crippen molar-refractivity contribution in [2.24, 2.45) is 0 Å². The predicted octanol–water partition coefficient (Wildman–Crippen LogP) is 3.37. The number of benzene rings is 2. The van der Waals surface area contributed by atoms with Gasteiger partial charge in [-0.3, -0.25) is 0 Å². The van der Waals surface area contributed by atoms with Gasteiger partial charge >= 0.3 is 0 Å². The van der Waals surface area contributed by atoms with Crippen LogP contribution in [-0.4, -0.2) is 14.8 Å². The first-order valence-electron chi connectivity index (χ1n) is 7.53. The van der Waals surface area contributed by atoms with Crippen LogP contribution in [0.25, 0.3) is 22.8 Å². The van der Waals surface area contributed by atoms with Gasteiger partial charge in [-0.05, 0) is 55.2 Å². The monoisotopic (exact) mass is 290 g/mol. The number of fused-ring (bicyclic) bond motifs is 3. The molecule has 1 aromatic heterocycles. The second-order valence-electron chi connectivity index (χ2n) is 5.96. The number of nitrogens with zero attached hydrogens (tertiary/aromatic N) is 3. The van der Waals surface area contributed by atoms with E-state index in [1.807, 2.05) is 12.1 Å². The van der Waals surface area contributed by atoms with E-state index in [1.54, 1.807) is 0 Å². The quantitative estimate of drug-likeness (QED) is 0.699. The maximum absolute atomic E-state index is 5.94. The van der Waals surface area contributed by atoms with Gasteiger partial charge in [0.25, 0.3) is 0 Å². The van der Waals surface area contributed by atoms with Crippen molar-refractivity contribution >= 4 is 5.69 Å². The summed E-state index contributed by atoms with van der Waals surface area (Å²) in [5.74, 6) is 1.85. The number of anilines is 1. The van der Waals surface area contributed by atoms with Crippen LogP contribution in [0.3, 0.4) is 0 Å². The Hall–Kier alpha value is -2.62. The summed E-state index contributed by atoms with van der Waals surface area (Å²) in [4.78, 5) is 0. The molecule has 4 heteroatoms. The molecule has 0 unspecified atom stereocenters. The third-order valence-electron chi connectivity index (χ3n) is 4.50. The molecule has 0 aliphatic carbocycles. The molecule has 0 atom stereocenters. The molecule has 4 nitrogen and oxygen atoms in total. The molecule has 2 N–H and O–H groups in total. The van der Waals surface area contributed by atoms with Gasteiger partial charge in [-0.25, -0.2) is 0 Å². The third kappa shape index (κ3) is 1.91. The topological polar surface area (TPSA) is 56.7 Å². The van der Waals surface area contributed by atoms with Crippen LogP contribution in [-0.2, 0) is 13.0 Å². The largest absolute Gasteiger partial charge is 0.399 e. The molecule has 1 aliphatic heterocycles. The zero-order valence-corrected chi connectivity index (χ0v) is 12.8. The second-order valence-corrected chi connectivity index (χ2v) is 5.96. The Kier molecular flexibility index (Phi) is 2.79. The minimum absolute atomic E-state index is 0.767. The van der Waals surface area contributed by atoms with Crippen molar-refractivity contribution < 1.29 is 0 Å². The average molecular weight is 290 g/mol. The van der Waals surface area contributed by atoms with Crippen molar-refractivity contribution in [1.29, 1.82) is 0 Å². The van der Waals surface area contributed by atoms with Crippen LogP contribution in [0, 0.1) is 13.8 Å². The molecule has 0 saturated carbocycles. The molecule has 3 aromatic rings. The molecule has 4 rings (SSSR count). The summed E-state index contributed by atoms with van der Waals surface area (Å²) in [7, 11) is 0. The Morgan fingerprint density at radius 3 is 2.59 bits per heavy atom. The van der Waals surface area contributed by atoms with Crippen LogP contribution in [0.5, 0.6) is 0 Å². The Morgan fingerprint density at radius 1 is 0.955 bits per heavy atom. The lowest BCUT2D eigenvalue weighted by molar-refractivity contribution is 0.688. The van der Waals surface area contributed by atoms with Gasteiger partial charge in [-0.2, -0.15) is 0 Å². The Bertz CT molecular complexity index is 877. The van der Waals surface area contributed by atoms with Crippen molar-refractivity contribution in [3.63, 3.8) is 0 Å². The lowest BCUT2D eigenvalue weighted by Gasteiger charge is -2.19. The van der Waals surface area contributed by atoms with E-state index < -0.39 is 0 Å². The standard InChI is InChI=1S/C18H18N4/c1-11-3-4-14(9-12(11)2)17-20-21-18-16-10-15(19)6-5-13(16)7-8-22(17)18/h3-6,9-10H,7-8,19H2,1-2H3. The van der Waals surface area contributed by atoms with Crippen LogP contribution in [0.15, 0.2) is 36.4 Å². The second kappa shape index (κ2) is 4.70. The SMILES string of the molecule is Cc1ccc(-c2nnc3n2CCc2ccc(N)cc2-3)cc1C. The van der Waals surface area contributed by atoms with Crippen molar-refractivity contribution in [1.82, 2.24) is 14.8 Å². The first-order valence-corrected chi connectivity index (χ1v) is 7.53. The first kappa shape index (κ1) is 13.1. The van der Waals surface area contributed by atoms with Gasteiger partial charge in [0.15, 0.2) is 11.6 Å². The smallest absolute Gasteiger partial charge is 0.164 e. The van der Waals surface area contributed by atoms with E-state index in [4.69, 9.17) is 5.73 Å². The number of aryl methyl sites for hydroxylation is 3. The van der Waals surface area contributed by atoms with Crippen LogP contribution in [0.4, 0.5) is 5.69 Å². The number of rotatable bonds is 1. The molecule has 2 heterocycles. The summed E-state index contributed by atoms with van der Waals surface area (Å²) in [6.45, 7) is 5.15. The van der Waals surface area contributed by atoms with Crippen molar-refractivity contribution in [3.05, 3.63) is 53.1 Å². The molecule has 1 aliphatic rings. The zero-order chi connectivity index (χ0) is 15.3. The van der Waals surface area contributed by atoms with Gasteiger partial charge in [0.2, 0.25) is 0 Å². The van der Waals surface area contributed by atoms with E-state index in [-0.39, 0.29) is 0 Å². The lowest BCUT2D eigenvalue weighted by atomic mass is 9.99. The highest BCUT2D eigenvalue weighted by Crippen LogP contribution is 2.33. The molecule has 110 valence electrons. The van der Waals surface area contributed by atoms with E-state index in [9.17, 15) is 0 Å². The van der Waals surface area contributed by atoms with Crippen LogP contribution >= 0.6 is 0 Å². The molecular formula is C18H18N4. The van der Waals surface area contributed by atoms with Crippen LogP contribution in [0.1, 0.15) is 16.7 Å². The lowest BCUT2D eigenvalue weighted by Crippen LogP contribution is -2.12. The zero-order valence-electron chi connectivity index (χ0n) is 12.8. The Balaban J connectivity index is 1.88. The van der Waals surface area contributed by atoms with Crippen molar-refractivity contribution in [2.45, 2.75) is 26.8 Å². The molecule has 0 bridgehead atoms. The minimum Gasteiger partial charge on any atom is -0.399 e. The maximum atomic E-state index is 5.94. The summed E-state index contributed by atoms with van der Waals surface area (Å²) in [5.41, 5.74) is 12.8. The average Bonchev–Trinajstić information content (AvgIpc) is 2.94. The number of hydrogen-bond acceptors (Lipinski definition) is 3. The van der Waals surface area contributed by atoms with Gasteiger partial charge in [-0.15, -0.1) is 10.2 Å². The van der Waals surface area contributed by atoms with Crippen LogP contribution < -0.4 is 5.73 Å². The fraction of sp³-hybridized carbons (Fsp3) is 0.222. The maximum Gasteiger partial charge on any atom is 0.164 e. The summed E-state index contributed by atoms with van der Waals surface area (Å²) in [6.07, 6.45) is 0.985.